The largest absolute Gasteiger partial charge is 0.380 e. The summed E-state index contributed by atoms with van der Waals surface area (Å²) >= 11 is 0. The van der Waals surface area contributed by atoms with Crippen LogP contribution in [0, 0.1) is 18.3 Å². The number of fused-ring (bicyclic) bond motifs is 2. The zero-order chi connectivity index (χ0) is 19.1. The van der Waals surface area contributed by atoms with Gasteiger partial charge in [0.1, 0.15) is 0 Å². The highest BCUT2D eigenvalue weighted by atomic mass is 16.5. The van der Waals surface area contributed by atoms with E-state index >= 15 is 0 Å². The molecule has 1 amide bonds. The Hall–Kier alpha value is -2.09. The first kappa shape index (κ1) is 18.0. The van der Waals surface area contributed by atoms with Gasteiger partial charge in [-0.25, -0.2) is 9.97 Å². The number of amides is 1. The maximum absolute atomic E-state index is 13.4. The summed E-state index contributed by atoms with van der Waals surface area (Å²) in [6.45, 7) is 8.13. The Labute approximate surface area is 164 Å². The topological polar surface area (TPSA) is 67.8 Å². The maximum atomic E-state index is 13.4. The zero-order valence-corrected chi connectivity index (χ0v) is 16.3. The van der Waals surface area contributed by atoms with Crippen LogP contribution in [0.3, 0.4) is 0 Å². The van der Waals surface area contributed by atoms with Crippen LogP contribution in [-0.4, -0.2) is 78.3 Å². The molecule has 0 N–H and O–H groups in total. The molecule has 0 unspecified atom stereocenters. The smallest absolute Gasteiger partial charge is 0.233 e. The lowest BCUT2D eigenvalue weighted by atomic mass is 9.79. The van der Waals surface area contributed by atoms with Gasteiger partial charge in [0.15, 0.2) is 0 Å². The van der Waals surface area contributed by atoms with Crippen molar-refractivity contribution in [3.63, 3.8) is 0 Å². The van der Waals surface area contributed by atoms with Crippen molar-refractivity contribution in [3.8, 4) is 0 Å². The summed E-state index contributed by atoms with van der Waals surface area (Å²) in [5.74, 6) is 0.485. The lowest BCUT2D eigenvalue weighted by Gasteiger charge is -2.35. The Morgan fingerprint density at radius 3 is 2.71 bits per heavy atom. The fourth-order valence-electron chi connectivity index (χ4n) is 4.83. The Bertz CT molecular complexity index is 898. The summed E-state index contributed by atoms with van der Waals surface area (Å²) in [6, 6.07) is 7.97. The highest BCUT2D eigenvalue weighted by Gasteiger charge is 2.57. The summed E-state index contributed by atoms with van der Waals surface area (Å²) in [5.41, 5.74) is 3.38. The van der Waals surface area contributed by atoms with Gasteiger partial charge < -0.3 is 14.4 Å². The van der Waals surface area contributed by atoms with Crippen molar-refractivity contribution in [1.82, 2.24) is 19.8 Å². The van der Waals surface area contributed by atoms with Crippen LogP contribution in [0.15, 0.2) is 24.3 Å². The number of hydrogen-bond acceptors (Lipinski definition) is 6. The number of carbonyl (C=O) groups excluding carboxylic acids is 1. The monoisotopic (exact) mass is 382 g/mol. The Kier molecular flexibility index (Phi) is 4.53. The molecule has 7 nitrogen and oxygen atoms in total. The maximum Gasteiger partial charge on any atom is 0.233 e. The number of morpholine rings is 1. The minimum Gasteiger partial charge on any atom is -0.380 e. The molecule has 148 valence electrons. The first-order valence-corrected chi connectivity index (χ1v) is 10.1. The SMILES string of the molecule is Cc1nc2ccccc2nc1CN1C[C@@H]2COC[C@]2(C(=O)N2CCOCC2)C1. The van der Waals surface area contributed by atoms with Crippen molar-refractivity contribution in [2.24, 2.45) is 11.3 Å². The summed E-state index contributed by atoms with van der Waals surface area (Å²) in [5, 5.41) is 0. The van der Waals surface area contributed by atoms with Gasteiger partial charge in [0.25, 0.3) is 0 Å². The molecule has 3 fully saturated rings. The number of nitrogens with zero attached hydrogens (tertiary/aromatic N) is 4. The minimum atomic E-state index is -0.421. The third-order valence-corrected chi connectivity index (χ3v) is 6.39. The van der Waals surface area contributed by atoms with Crippen molar-refractivity contribution >= 4 is 16.9 Å². The van der Waals surface area contributed by atoms with E-state index < -0.39 is 5.41 Å². The molecule has 5 rings (SSSR count). The van der Waals surface area contributed by atoms with Crippen LogP contribution in [-0.2, 0) is 20.8 Å². The lowest BCUT2D eigenvalue weighted by molar-refractivity contribution is -0.147. The van der Waals surface area contributed by atoms with Crippen molar-refractivity contribution in [2.75, 3.05) is 52.6 Å². The molecule has 28 heavy (non-hydrogen) atoms. The van der Waals surface area contributed by atoms with Gasteiger partial charge in [0.05, 0.1) is 54.3 Å². The molecule has 2 aromatic rings. The van der Waals surface area contributed by atoms with Crippen LogP contribution >= 0.6 is 0 Å². The standard InChI is InChI=1S/C21H26N4O3/c1-15-19(23-18-5-3-2-4-17(18)22-15)11-24-10-16-12-28-14-21(16,13-24)20(26)25-6-8-27-9-7-25/h2-5,16H,6-14H2,1H3/t16-,21-/m1/s1. The van der Waals surface area contributed by atoms with E-state index in [1.54, 1.807) is 0 Å². The van der Waals surface area contributed by atoms with Crippen LogP contribution in [0.5, 0.6) is 0 Å². The molecular formula is C21H26N4O3. The molecule has 0 aliphatic carbocycles. The van der Waals surface area contributed by atoms with Crippen LogP contribution in [0.2, 0.25) is 0 Å². The average Bonchev–Trinajstić information content (AvgIpc) is 3.26. The van der Waals surface area contributed by atoms with E-state index in [-0.39, 0.29) is 11.8 Å². The number of carbonyl (C=O) groups is 1. The normalized spacial score (nSPS) is 28.0. The van der Waals surface area contributed by atoms with E-state index in [2.05, 4.69) is 4.90 Å². The third-order valence-electron chi connectivity index (χ3n) is 6.39. The quantitative estimate of drug-likeness (QED) is 0.796. The predicted molar refractivity (Wildman–Crippen MR) is 104 cm³/mol. The first-order valence-electron chi connectivity index (χ1n) is 10.1. The molecule has 0 bridgehead atoms. The number of likely N-dealkylation sites (tertiary alicyclic amines) is 1. The predicted octanol–water partition coefficient (Wildman–Crippen LogP) is 1.25. The van der Waals surface area contributed by atoms with E-state index in [4.69, 9.17) is 19.4 Å². The molecule has 3 saturated heterocycles. The molecule has 0 spiro atoms. The number of ether oxygens (including phenoxy) is 2. The highest BCUT2D eigenvalue weighted by molar-refractivity contribution is 5.84. The molecule has 7 heteroatoms. The zero-order valence-electron chi connectivity index (χ0n) is 16.3. The molecular weight excluding hydrogens is 356 g/mol. The van der Waals surface area contributed by atoms with E-state index in [1.807, 2.05) is 36.1 Å². The van der Waals surface area contributed by atoms with Crippen LogP contribution in [0.1, 0.15) is 11.4 Å². The fourth-order valence-corrected chi connectivity index (χ4v) is 4.83. The summed E-state index contributed by atoms with van der Waals surface area (Å²) in [4.78, 5) is 27.3. The Balaban J connectivity index is 1.37. The third kappa shape index (κ3) is 2.98. The number of aryl methyl sites for hydroxylation is 1. The summed E-state index contributed by atoms with van der Waals surface area (Å²) < 4.78 is 11.2. The van der Waals surface area contributed by atoms with Crippen molar-refractivity contribution in [3.05, 3.63) is 35.7 Å². The molecule has 4 heterocycles. The molecule has 2 atom stereocenters. The number of hydrogen-bond donors (Lipinski definition) is 0. The molecule has 1 aromatic carbocycles. The van der Waals surface area contributed by atoms with E-state index in [0.29, 0.717) is 39.5 Å². The second-order valence-corrected chi connectivity index (χ2v) is 8.19. The fraction of sp³-hybridized carbons (Fsp3) is 0.571. The second-order valence-electron chi connectivity index (χ2n) is 8.19. The Morgan fingerprint density at radius 1 is 1.18 bits per heavy atom. The van der Waals surface area contributed by atoms with Gasteiger partial charge in [-0.3, -0.25) is 9.69 Å². The van der Waals surface area contributed by atoms with Crippen LogP contribution in [0.25, 0.3) is 11.0 Å². The van der Waals surface area contributed by atoms with Gasteiger partial charge in [0.2, 0.25) is 5.91 Å². The van der Waals surface area contributed by atoms with Crippen molar-refractivity contribution < 1.29 is 14.3 Å². The molecule has 3 aliphatic rings. The van der Waals surface area contributed by atoms with Crippen molar-refractivity contribution in [1.29, 1.82) is 0 Å². The number of para-hydroxylation sites is 2. The summed E-state index contributed by atoms with van der Waals surface area (Å²) in [6.07, 6.45) is 0. The van der Waals surface area contributed by atoms with E-state index in [9.17, 15) is 4.79 Å². The molecule has 0 saturated carbocycles. The van der Waals surface area contributed by atoms with Gasteiger partial charge in [-0.05, 0) is 19.1 Å². The van der Waals surface area contributed by atoms with Crippen LogP contribution < -0.4 is 0 Å². The lowest BCUT2D eigenvalue weighted by Crippen LogP contribution is -2.52. The van der Waals surface area contributed by atoms with Gasteiger partial charge in [-0.1, -0.05) is 12.1 Å². The second kappa shape index (κ2) is 7.06. The minimum absolute atomic E-state index is 0.238. The average molecular weight is 382 g/mol. The van der Waals surface area contributed by atoms with Gasteiger partial charge in [0, 0.05) is 38.6 Å². The van der Waals surface area contributed by atoms with Gasteiger partial charge in [-0.15, -0.1) is 0 Å². The van der Waals surface area contributed by atoms with Gasteiger partial charge >= 0.3 is 0 Å². The van der Waals surface area contributed by atoms with Crippen molar-refractivity contribution in [2.45, 2.75) is 13.5 Å². The molecule has 3 aliphatic heterocycles. The molecule has 0 radical (unpaired) electrons. The van der Waals surface area contributed by atoms with Crippen LogP contribution in [0.4, 0.5) is 0 Å². The van der Waals surface area contributed by atoms with E-state index in [1.165, 1.54) is 0 Å². The van der Waals surface area contributed by atoms with E-state index in [0.717, 1.165) is 42.1 Å². The first-order chi connectivity index (χ1) is 13.7. The number of rotatable bonds is 3. The molecule has 1 aromatic heterocycles. The Morgan fingerprint density at radius 2 is 1.93 bits per heavy atom. The number of benzene rings is 1. The highest BCUT2D eigenvalue weighted by Crippen LogP contribution is 2.43. The number of aromatic nitrogens is 2. The summed E-state index contributed by atoms with van der Waals surface area (Å²) in [7, 11) is 0. The van der Waals surface area contributed by atoms with Gasteiger partial charge in [-0.2, -0.15) is 0 Å².